The second-order valence-corrected chi connectivity index (χ2v) is 7.04. The van der Waals surface area contributed by atoms with Gasteiger partial charge in [-0.05, 0) is 23.8 Å². The van der Waals surface area contributed by atoms with Gasteiger partial charge in [0.1, 0.15) is 5.82 Å². The first-order valence-corrected chi connectivity index (χ1v) is 9.26. The van der Waals surface area contributed by atoms with Crippen LogP contribution >= 0.6 is 0 Å². The van der Waals surface area contributed by atoms with Crippen LogP contribution in [0.3, 0.4) is 0 Å². The van der Waals surface area contributed by atoms with Gasteiger partial charge in [-0.3, -0.25) is 4.79 Å². The van der Waals surface area contributed by atoms with Crippen molar-refractivity contribution >= 4 is 17.6 Å². The van der Waals surface area contributed by atoms with Crippen molar-refractivity contribution in [2.75, 3.05) is 6.54 Å². The minimum atomic E-state index is -0.226. The molecule has 5 heterocycles. The molecule has 0 unspecified atom stereocenters. The van der Waals surface area contributed by atoms with Crippen molar-refractivity contribution in [2.24, 2.45) is 4.99 Å². The standard InChI is InChI=1S/C21H16N6O/c28-21-19-13(20-25-16-6-7-22-11-17(16)26-20)5-4-12(15(19)9-23-21)14-10-24-27-8-2-1-3-18(14)27/h1-5,8-10,22H,6-7,11H2,(H,25,26). The molecule has 2 aliphatic heterocycles. The molecular formula is C21H16N6O. The summed E-state index contributed by atoms with van der Waals surface area (Å²) in [6.45, 7) is 1.70. The van der Waals surface area contributed by atoms with E-state index < -0.39 is 0 Å². The Hall–Kier alpha value is -3.58. The van der Waals surface area contributed by atoms with Crippen LogP contribution in [0.25, 0.3) is 28.0 Å². The van der Waals surface area contributed by atoms with Gasteiger partial charge in [-0.25, -0.2) is 14.5 Å². The Labute approximate surface area is 160 Å². The van der Waals surface area contributed by atoms with Gasteiger partial charge in [0.05, 0.1) is 28.7 Å². The van der Waals surface area contributed by atoms with Crippen molar-refractivity contribution in [1.29, 1.82) is 0 Å². The van der Waals surface area contributed by atoms with E-state index in [1.54, 1.807) is 6.21 Å². The summed E-state index contributed by atoms with van der Waals surface area (Å²) in [6.07, 6.45) is 6.29. The molecule has 0 saturated heterocycles. The van der Waals surface area contributed by atoms with Crippen LogP contribution in [0.4, 0.5) is 0 Å². The molecule has 7 nitrogen and oxygen atoms in total. The van der Waals surface area contributed by atoms with E-state index in [4.69, 9.17) is 4.98 Å². The molecule has 2 aliphatic rings. The van der Waals surface area contributed by atoms with Gasteiger partial charge in [-0.15, -0.1) is 0 Å². The maximum Gasteiger partial charge on any atom is 0.278 e. The van der Waals surface area contributed by atoms with Crippen molar-refractivity contribution in [2.45, 2.75) is 13.0 Å². The number of amides is 1. The Morgan fingerprint density at radius 2 is 2.00 bits per heavy atom. The van der Waals surface area contributed by atoms with Crippen LogP contribution in [0.15, 0.2) is 47.7 Å². The van der Waals surface area contributed by atoms with Gasteiger partial charge in [0.2, 0.25) is 0 Å². The summed E-state index contributed by atoms with van der Waals surface area (Å²) < 4.78 is 1.83. The molecule has 1 aromatic carbocycles. The number of hydrogen-bond acceptors (Lipinski definition) is 4. The third-order valence-electron chi connectivity index (χ3n) is 5.45. The molecular weight excluding hydrogens is 352 g/mol. The lowest BCUT2D eigenvalue weighted by Gasteiger charge is -2.10. The minimum Gasteiger partial charge on any atom is -0.341 e. The van der Waals surface area contributed by atoms with Gasteiger partial charge < -0.3 is 10.3 Å². The first-order valence-electron chi connectivity index (χ1n) is 9.26. The zero-order chi connectivity index (χ0) is 18.7. The van der Waals surface area contributed by atoms with E-state index >= 15 is 0 Å². The van der Waals surface area contributed by atoms with Crippen LogP contribution in [0, 0.1) is 0 Å². The van der Waals surface area contributed by atoms with E-state index in [0.29, 0.717) is 5.56 Å². The Balaban J connectivity index is 1.56. The van der Waals surface area contributed by atoms with Gasteiger partial charge in [-0.2, -0.15) is 5.10 Å². The SMILES string of the molecule is O=C1N=Cc2c(-c3cnn4ccccc34)ccc(-c3nc4c([nH]3)CNCC4)c21. The molecule has 6 rings (SSSR count). The van der Waals surface area contributed by atoms with Gasteiger partial charge in [0, 0.05) is 48.6 Å². The highest BCUT2D eigenvalue weighted by molar-refractivity contribution is 6.19. The van der Waals surface area contributed by atoms with Crippen molar-refractivity contribution < 1.29 is 4.79 Å². The third-order valence-corrected chi connectivity index (χ3v) is 5.45. The molecule has 0 aliphatic carbocycles. The number of aromatic amines is 1. The molecule has 1 amide bonds. The fraction of sp³-hybridized carbons (Fsp3) is 0.143. The maximum absolute atomic E-state index is 12.6. The number of hydrogen-bond donors (Lipinski definition) is 2. The molecule has 0 spiro atoms. The number of H-pyrrole nitrogens is 1. The van der Waals surface area contributed by atoms with E-state index in [9.17, 15) is 4.79 Å². The molecule has 0 bridgehead atoms. The molecule has 136 valence electrons. The van der Waals surface area contributed by atoms with Gasteiger partial charge in [0.25, 0.3) is 5.91 Å². The summed E-state index contributed by atoms with van der Waals surface area (Å²) in [6, 6.07) is 9.93. The number of rotatable bonds is 2. The molecule has 2 N–H and O–H groups in total. The largest absolute Gasteiger partial charge is 0.341 e. The van der Waals surface area contributed by atoms with Crippen molar-refractivity contribution in [3.8, 4) is 22.5 Å². The fourth-order valence-electron chi connectivity index (χ4n) is 4.09. The minimum absolute atomic E-state index is 0.226. The second-order valence-electron chi connectivity index (χ2n) is 7.04. The Kier molecular flexibility index (Phi) is 3.15. The smallest absolute Gasteiger partial charge is 0.278 e. The van der Waals surface area contributed by atoms with E-state index in [-0.39, 0.29) is 5.91 Å². The van der Waals surface area contributed by atoms with Crippen molar-refractivity contribution in [1.82, 2.24) is 24.9 Å². The number of nitrogens with zero attached hydrogens (tertiary/aromatic N) is 4. The lowest BCUT2D eigenvalue weighted by atomic mass is 9.93. The predicted molar refractivity (Wildman–Crippen MR) is 106 cm³/mol. The summed E-state index contributed by atoms with van der Waals surface area (Å²) in [5, 5.41) is 7.77. The predicted octanol–water partition coefficient (Wildman–Crippen LogP) is 2.61. The van der Waals surface area contributed by atoms with Crippen LogP contribution in [-0.4, -0.2) is 38.2 Å². The van der Waals surface area contributed by atoms with Crippen molar-refractivity contribution in [3.05, 3.63) is 65.2 Å². The number of aliphatic imine (C=N–C) groups is 1. The van der Waals surface area contributed by atoms with E-state index in [0.717, 1.165) is 64.5 Å². The second kappa shape index (κ2) is 5.71. The highest BCUT2D eigenvalue weighted by Crippen LogP contribution is 2.36. The molecule has 28 heavy (non-hydrogen) atoms. The number of aromatic nitrogens is 4. The third kappa shape index (κ3) is 2.13. The zero-order valence-electron chi connectivity index (χ0n) is 14.9. The molecule has 4 aromatic rings. The van der Waals surface area contributed by atoms with E-state index in [2.05, 4.69) is 20.4 Å². The van der Waals surface area contributed by atoms with Crippen molar-refractivity contribution in [3.63, 3.8) is 0 Å². The number of fused-ring (bicyclic) bond motifs is 3. The molecule has 3 aromatic heterocycles. The normalized spacial score (nSPS) is 15.2. The summed E-state index contributed by atoms with van der Waals surface area (Å²) >= 11 is 0. The summed E-state index contributed by atoms with van der Waals surface area (Å²) in [5.41, 5.74) is 7.31. The van der Waals surface area contributed by atoms with E-state index in [1.165, 1.54) is 0 Å². The van der Waals surface area contributed by atoms with Crippen LogP contribution in [0.5, 0.6) is 0 Å². The lowest BCUT2D eigenvalue weighted by Crippen LogP contribution is -2.23. The number of nitrogens with one attached hydrogen (secondary N) is 2. The Morgan fingerprint density at radius 1 is 1.07 bits per heavy atom. The Morgan fingerprint density at radius 3 is 2.93 bits per heavy atom. The number of carbonyl (C=O) groups excluding carboxylic acids is 1. The Bertz CT molecular complexity index is 1270. The van der Waals surface area contributed by atoms with Crippen LogP contribution in [-0.2, 0) is 13.0 Å². The van der Waals surface area contributed by atoms with Gasteiger partial charge in [0.15, 0.2) is 0 Å². The fourth-order valence-corrected chi connectivity index (χ4v) is 4.09. The average molecular weight is 368 g/mol. The highest BCUT2D eigenvalue weighted by atomic mass is 16.1. The van der Waals surface area contributed by atoms with Crippen LogP contribution in [0.2, 0.25) is 0 Å². The van der Waals surface area contributed by atoms with Gasteiger partial charge in [-0.1, -0.05) is 12.1 Å². The topological polar surface area (TPSA) is 87.4 Å². The highest BCUT2D eigenvalue weighted by Gasteiger charge is 2.27. The summed E-state index contributed by atoms with van der Waals surface area (Å²) in [4.78, 5) is 24.8. The zero-order valence-corrected chi connectivity index (χ0v) is 14.9. The summed E-state index contributed by atoms with van der Waals surface area (Å²) in [5.74, 6) is 0.506. The number of pyridine rings is 1. The molecule has 0 radical (unpaired) electrons. The lowest BCUT2D eigenvalue weighted by molar-refractivity contribution is 0.101. The maximum atomic E-state index is 12.6. The molecule has 0 saturated carbocycles. The van der Waals surface area contributed by atoms with Gasteiger partial charge >= 0.3 is 0 Å². The first kappa shape index (κ1) is 15.5. The first-order chi connectivity index (χ1) is 13.8. The molecule has 0 fully saturated rings. The average Bonchev–Trinajstić information content (AvgIpc) is 3.44. The summed E-state index contributed by atoms with van der Waals surface area (Å²) in [7, 11) is 0. The van der Waals surface area contributed by atoms with Crippen LogP contribution in [0.1, 0.15) is 27.3 Å². The molecule has 0 atom stereocenters. The van der Waals surface area contributed by atoms with E-state index in [1.807, 2.05) is 47.2 Å². The number of carbonyl (C=O) groups is 1. The number of imidazole rings is 1. The quantitative estimate of drug-likeness (QED) is 0.569. The van der Waals surface area contributed by atoms with Crippen LogP contribution < -0.4 is 5.32 Å². The number of benzene rings is 1. The molecule has 7 heteroatoms. The monoisotopic (exact) mass is 368 g/mol.